The van der Waals surface area contributed by atoms with E-state index in [9.17, 15) is 14.0 Å². The maximum atomic E-state index is 13.1. The minimum atomic E-state index is -0.251. The van der Waals surface area contributed by atoms with Crippen LogP contribution < -0.4 is 10.2 Å². The van der Waals surface area contributed by atoms with Crippen molar-refractivity contribution in [1.82, 2.24) is 9.80 Å². The van der Waals surface area contributed by atoms with Gasteiger partial charge >= 0.3 is 12.1 Å². The molecular weight excluding hydrogens is 359 g/mol. The molecule has 146 valence electrons. The van der Waals surface area contributed by atoms with Crippen LogP contribution in [0.25, 0.3) is 0 Å². The molecule has 6 nitrogen and oxygen atoms in total. The summed E-state index contributed by atoms with van der Waals surface area (Å²) in [6.45, 7) is 2.59. The predicted molar refractivity (Wildman–Crippen MR) is 106 cm³/mol. The molecule has 2 heterocycles. The molecule has 0 radical (unpaired) electrons. The van der Waals surface area contributed by atoms with Gasteiger partial charge in [-0.25, -0.2) is 14.0 Å². The Kier molecular flexibility index (Phi) is 4.90. The topological polar surface area (TPSA) is 55.9 Å². The standard InChI is InChI=1S/C21H23FN4O2/c1-24-11-12-26(21(24)28)19-4-2-3-18(13-19)23-20(27)25-10-9-16(14-25)15-5-7-17(22)8-6-15/h2-8,13,16H,9-12,14H2,1H3,(H,23,27). The molecule has 0 aliphatic carbocycles. The van der Waals surface area contributed by atoms with E-state index >= 15 is 0 Å². The Bertz CT molecular complexity index is 886. The van der Waals surface area contributed by atoms with Gasteiger partial charge in [0.05, 0.1) is 0 Å². The third kappa shape index (κ3) is 3.65. The van der Waals surface area contributed by atoms with Crippen molar-refractivity contribution in [1.29, 1.82) is 0 Å². The first-order valence-electron chi connectivity index (χ1n) is 9.45. The molecule has 1 N–H and O–H groups in total. The van der Waals surface area contributed by atoms with Crippen LogP contribution in [0.1, 0.15) is 17.9 Å². The van der Waals surface area contributed by atoms with E-state index in [0.717, 1.165) is 17.7 Å². The predicted octanol–water partition coefficient (Wildman–Crippen LogP) is 3.72. The summed E-state index contributed by atoms with van der Waals surface area (Å²) < 4.78 is 13.1. The zero-order valence-corrected chi connectivity index (χ0v) is 15.8. The first kappa shape index (κ1) is 18.3. The van der Waals surface area contributed by atoms with E-state index in [0.29, 0.717) is 31.9 Å². The van der Waals surface area contributed by atoms with Crippen molar-refractivity contribution >= 4 is 23.4 Å². The lowest BCUT2D eigenvalue weighted by atomic mass is 9.99. The molecule has 0 saturated carbocycles. The van der Waals surface area contributed by atoms with Crippen molar-refractivity contribution in [2.45, 2.75) is 12.3 Å². The van der Waals surface area contributed by atoms with Crippen molar-refractivity contribution in [3.63, 3.8) is 0 Å². The summed E-state index contributed by atoms with van der Waals surface area (Å²) in [5.74, 6) is -0.0330. The Morgan fingerprint density at radius 2 is 1.89 bits per heavy atom. The zero-order chi connectivity index (χ0) is 19.7. The van der Waals surface area contributed by atoms with Crippen molar-refractivity contribution < 1.29 is 14.0 Å². The summed E-state index contributed by atoms with van der Waals surface area (Å²) in [6, 6.07) is 13.6. The molecule has 2 aromatic rings. The van der Waals surface area contributed by atoms with Crippen molar-refractivity contribution in [3.8, 4) is 0 Å². The molecule has 0 spiro atoms. The fraction of sp³-hybridized carbons (Fsp3) is 0.333. The average Bonchev–Trinajstić information content (AvgIpc) is 3.31. The molecule has 1 atom stereocenters. The van der Waals surface area contributed by atoms with Crippen LogP contribution in [0.3, 0.4) is 0 Å². The van der Waals surface area contributed by atoms with Gasteiger partial charge in [0.2, 0.25) is 0 Å². The number of likely N-dealkylation sites (tertiary alicyclic amines) is 1. The van der Waals surface area contributed by atoms with E-state index in [2.05, 4.69) is 5.32 Å². The number of rotatable bonds is 3. The largest absolute Gasteiger partial charge is 0.326 e. The SMILES string of the molecule is CN1CCN(c2cccc(NC(=O)N3CCC(c4ccc(F)cc4)C3)c2)C1=O. The van der Waals surface area contributed by atoms with E-state index in [1.165, 1.54) is 12.1 Å². The summed E-state index contributed by atoms with van der Waals surface area (Å²) in [5, 5.41) is 2.93. The van der Waals surface area contributed by atoms with Gasteiger partial charge < -0.3 is 15.1 Å². The number of amides is 4. The van der Waals surface area contributed by atoms with Gasteiger partial charge in [0.1, 0.15) is 5.82 Å². The van der Waals surface area contributed by atoms with Crippen LogP contribution in [0, 0.1) is 5.82 Å². The van der Waals surface area contributed by atoms with E-state index in [4.69, 9.17) is 0 Å². The highest BCUT2D eigenvalue weighted by Gasteiger charge is 2.28. The highest BCUT2D eigenvalue weighted by molar-refractivity contribution is 5.95. The van der Waals surface area contributed by atoms with Crippen LogP contribution in [-0.2, 0) is 0 Å². The second-order valence-electron chi connectivity index (χ2n) is 7.32. The van der Waals surface area contributed by atoms with Gasteiger partial charge in [0.25, 0.3) is 0 Å². The smallest absolute Gasteiger partial charge is 0.324 e. The average molecular weight is 382 g/mol. The Morgan fingerprint density at radius 3 is 2.61 bits per heavy atom. The lowest BCUT2D eigenvalue weighted by Gasteiger charge is -2.20. The van der Waals surface area contributed by atoms with Gasteiger partial charge in [-0.3, -0.25) is 4.90 Å². The maximum absolute atomic E-state index is 13.1. The lowest BCUT2D eigenvalue weighted by molar-refractivity contribution is 0.222. The lowest BCUT2D eigenvalue weighted by Crippen LogP contribution is -2.33. The normalized spacial score (nSPS) is 19.4. The monoisotopic (exact) mass is 382 g/mol. The molecule has 2 aliphatic rings. The minimum absolute atomic E-state index is 0.0369. The van der Waals surface area contributed by atoms with Crippen LogP contribution in [-0.4, -0.2) is 55.1 Å². The number of hydrogen-bond donors (Lipinski definition) is 1. The van der Waals surface area contributed by atoms with Crippen LogP contribution in [0.5, 0.6) is 0 Å². The summed E-state index contributed by atoms with van der Waals surface area (Å²) in [5.41, 5.74) is 2.49. The van der Waals surface area contributed by atoms with E-state index in [1.54, 1.807) is 33.9 Å². The van der Waals surface area contributed by atoms with Crippen molar-refractivity contribution in [2.24, 2.45) is 0 Å². The first-order valence-corrected chi connectivity index (χ1v) is 9.45. The van der Waals surface area contributed by atoms with Gasteiger partial charge in [-0.2, -0.15) is 0 Å². The Morgan fingerprint density at radius 1 is 1.11 bits per heavy atom. The number of likely N-dealkylation sites (N-methyl/N-ethyl adjacent to an activating group) is 1. The Hall–Kier alpha value is -3.09. The minimum Gasteiger partial charge on any atom is -0.326 e. The molecule has 4 rings (SSSR count). The molecule has 28 heavy (non-hydrogen) atoms. The number of nitrogens with zero attached hydrogens (tertiary/aromatic N) is 3. The summed E-state index contributed by atoms with van der Waals surface area (Å²) in [6.07, 6.45) is 0.855. The Balaban J connectivity index is 1.40. The van der Waals surface area contributed by atoms with Gasteiger partial charge in [0, 0.05) is 50.5 Å². The Labute approximate surface area is 163 Å². The fourth-order valence-electron chi connectivity index (χ4n) is 3.79. The molecule has 2 aromatic carbocycles. The number of benzene rings is 2. The van der Waals surface area contributed by atoms with Crippen LogP contribution in [0.4, 0.5) is 25.4 Å². The second kappa shape index (κ2) is 7.50. The number of anilines is 2. The molecule has 2 saturated heterocycles. The summed E-state index contributed by atoms with van der Waals surface area (Å²) >= 11 is 0. The fourth-order valence-corrected chi connectivity index (χ4v) is 3.79. The quantitative estimate of drug-likeness (QED) is 0.880. The van der Waals surface area contributed by atoms with Crippen LogP contribution in [0.2, 0.25) is 0 Å². The highest BCUT2D eigenvalue weighted by atomic mass is 19.1. The third-order valence-corrected chi connectivity index (χ3v) is 5.44. The van der Waals surface area contributed by atoms with E-state index < -0.39 is 0 Å². The van der Waals surface area contributed by atoms with E-state index in [1.807, 2.05) is 24.3 Å². The number of urea groups is 2. The van der Waals surface area contributed by atoms with E-state index in [-0.39, 0.29) is 23.8 Å². The molecule has 7 heteroatoms. The highest BCUT2D eigenvalue weighted by Crippen LogP contribution is 2.28. The van der Waals surface area contributed by atoms with Gasteiger partial charge in [-0.15, -0.1) is 0 Å². The third-order valence-electron chi connectivity index (χ3n) is 5.44. The molecule has 2 aliphatic heterocycles. The number of nitrogens with one attached hydrogen (secondary N) is 1. The summed E-state index contributed by atoms with van der Waals surface area (Å²) in [4.78, 5) is 30.0. The molecule has 0 aromatic heterocycles. The second-order valence-corrected chi connectivity index (χ2v) is 7.32. The molecule has 0 bridgehead atoms. The number of carbonyl (C=O) groups excluding carboxylic acids is 2. The van der Waals surface area contributed by atoms with Crippen LogP contribution >= 0.6 is 0 Å². The molecule has 2 fully saturated rings. The van der Waals surface area contributed by atoms with Gasteiger partial charge in [-0.05, 0) is 42.3 Å². The first-order chi connectivity index (χ1) is 13.5. The molecular formula is C21H23FN4O2. The van der Waals surface area contributed by atoms with Crippen molar-refractivity contribution in [2.75, 3.05) is 43.4 Å². The zero-order valence-electron chi connectivity index (χ0n) is 15.8. The van der Waals surface area contributed by atoms with Crippen molar-refractivity contribution in [3.05, 3.63) is 59.9 Å². The van der Waals surface area contributed by atoms with Gasteiger partial charge in [0.15, 0.2) is 0 Å². The molecule has 4 amide bonds. The number of carbonyl (C=O) groups is 2. The van der Waals surface area contributed by atoms with Crippen LogP contribution in [0.15, 0.2) is 48.5 Å². The number of halogens is 1. The summed E-state index contributed by atoms with van der Waals surface area (Å²) in [7, 11) is 1.78. The number of hydrogen-bond acceptors (Lipinski definition) is 2. The molecule has 1 unspecified atom stereocenters. The maximum Gasteiger partial charge on any atom is 0.324 e. The van der Waals surface area contributed by atoms with Gasteiger partial charge in [-0.1, -0.05) is 18.2 Å².